The molecule has 7 heteroatoms. The lowest BCUT2D eigenvalue weighted by Gasteiger charge is -2.39. The molecule has 23 heavy (non-hydrogen) atoms. The highest BCUT2D eigenvalue weighted by Gasteiger charge is 2.33. The number of carbonyl (C=O) groups is 2. The molecule has 2 fully saturated rings. The van der Waals surface area contributed by atoms with E-state index in [1.165, 1.54) is 4.90 Å². The average Bonchev–Trinajstić information content (AvgIpc) is 3.00. The van der Waals surface area contributed by atoms with E-state index in [9.17, 15) is 9.59 Å². The van der Waals surface area contributed by atoms with Gasteiger partial charge in [0.15, 0.2) is 0 Å². The fourth-order valence-electron chi connectivity index (χ4n) is 3.10. The molecule has 2 saturated heterocycles. The quantitative estimate of drug-likeness (QED) is 0.906. The lowest BCUT2D eigenvalue weighted by molar-refractivity contribution is -0.132. The molecule has 0 spiro atoms. The van der Waals surface area contributed by atoms with E-state index >= 15 is 0 Å². The van der Waals surface area contributed by atoms with Crippen LogP contribution in [-0.2, 0) is 4.79 Å². The molecule has 1 aromatic rings. The molecule has 0 saturated carbocycles. The highest BCUT2D eigenvalue weighted by atomic mass is 35.5. The highest BCUT2D eigenvalue weighted by Crippen LogP contribution is 2.21. The number of hydrogen-bond donors (Lipinski definition) is 1. The third-order valence-electron chi connectivity index (χ3n) is 4.52. The summed E-state index contributed by atoms with van der Waals surface area (Å²) in [5, 5.41) is 3.40. The summed E-state index contributed by atoms with van der Waals surface area (Å²) in [5.41, 5.74) is 1.11. The SMILES string of the molecule is C[C@H](C(=O)N1CCNC1=O)N1CCN(c2cccc(Cl)c2)CC1. The molecule has 3 rings (SSSR count). The second kappa shape index (κ2) is 6.76. The van der Waals surface area contributed by atoms with Crippen LogP contribution in [0.15, 0.2) is 24.3 Å². The van der Waals surface area contributed by atoms with Crippen molar-refractivity contribution in [2.24, 2.45) is 0 Å². The zero-order valence-corrected chi connectivity index (χ0v) is 13.9. The molecule has 1 aromatic carbocycles. The molecule has 3 amide bonds. The van der Waals surface area contributed by atoms with Crippen molar-refractivity contribution in [3.05, 3.63) is 29.3 Å². The Morgan fingerprint density at radius 3 is 2.57 bits per heavy atom. The molecule has 0 bridgehead atoms. The lowest BCUT2D eigenvalue weighted by atomic mass is 10.2. The van der Waals surface area contributed by atoms with E-state index in [4.69, 9.17) is 11.6 Å². The number of halogens is 1. The normalized spacial score (nSPS) is 20.5. The van der Waals surface area contributed by atoms with Crippen LogP contribution in [0.2, 0.25) is 5.02 Å². The number of hydrogen-bond acceptors (Lipinski definition) is 4. The molecule has 0 unspecified atom stereocenters. The Balaban J connectivity index is 1.58. The first-order valence-electron chi connectivity index (χ1n) is 7.90. The molecular formula is C16H21ClN4O2. The predicted octanol–water partition coefficient (Wildman–Crippen LogP) is 1.40. The molecule has 0 radical (unpaired) electrons. The Kier molecular flexibility index (Phi) is 4.73. The first-order chi connectivity index (χ1) is 11.1. The molecule has 0 aromatic heterocycles. The zero-order chi connectivity index (χ0) is 16.4. The van der Waals surface area contributed by atoms with Crippen molar-refractivity contribution in [2.45, 2.75) is 13.0 Å². The summed E-state index contributed by atoms with van der Waals surface area (Å²) in [4.78, 5) is 29.8. The van der Waals surface area contributed by atoms with Gasteiger partial charge in [-0.15, -0.1) is 0 Å². The maximum Gasteiger partial charge on any atom is 0.324 e. The van der Waals surface area contributed by atoms with Gasteiger partial charge < -0.3 is 10.2 Å². The van der Waals surface area contributed by atoms with Crippen LogP contribution in [0.5, 0.6) is 0 Å². The maximum atomic E-state index is 12.4. The average molecular weight is 337 g/mol. The van der Waals surface area contributed by atoms with Crippen molar-refractivity contribution in [3.63, 3.8) is 0 Å². The van der Waals surface area contributed by atoms with Crippen LogP contribution in [0.25, 0.3) is 0 Å². The summed E-state index contributed by atoms with van der Waals surface area (Å²) in [6.07, 6.45) is 0. The number of rotatable bonds is 3. The van der Waals surface area contributed by atoms with Crippen LogP contribution in [0.4, 0.5) is 10.5 Å². The summed E-state index contributed by atoms with van der Waals surface area (Å²) >= 11 is 6.05. The van der Waals surface area contributed by atoms with Gasteiger partial charge in [-0.05, 0) is 25.1 Å². The minimum absolute atomic E-state index is 0.115. The van der Waals surface area contributed by atoms with Gasteiger partial charge >= 0.3 is 6.03 Å². The van der Waals surface area contributed by atoms with Gasteiger partial charge in [-0.3, -0.25) is 14.6 Å². The van der Waals surface area contributed by atoms with E-state index in [2.05, 4.69) is 15.1 Å². The standard InChI is InChI=1S/C16H21ClN4O2/c1-12(15(22)21-6-5-18-16(21)23)19-7-9-20(10-8-19)14-4-2-3-13(17)11-14/h2-4,11-12H,5-10H2,1H3,(H,18,23)/t12-/m1/s1. The van der Waals surface area contributed by atoms with E-state index < -0.39 is 0 Å². The van der Waals surface area contributed by atoms with Crippen molar-refractivity contribution < 1.29 is 9.59 Å². The van der Waals surface area contributed by atoms with Crippen LogP contribution < -0.4 is 10.2 Å². The lowest BCUT2D eigenvalue weighted by Crippen LogP contribution is -2.55. The highest BCUT2D eigenvalue weighted by molar-refractivity contribution is 6.30. The predicted molar refractivity (Wildman–Crippen MR) is 89.8 cm³/mol. The van der Waals surface area contributed by atoms with E-state index in [0.717, 1.165) is 36.9 Å². The number of anilines is 1. The first-order valence-corrected chi connectivity index (χ1v) is 8.28. The fraction of sp³-hybridized carbons (Fsp3) is 0.500. The van der Waals surface area contributed by atoms with Crippen LogP contribution in [0.3, 0.4) is 0 Å². The van der Waals surface area contributed by atoms with Crippen molar-refractivity contribution in [3.8, 4) is 0 Å². The minimum Gasteiger partial charge on any atom is -0.369 e. The van der Waals surface area contributed by atoms with Gasteiger partial charge in [0.1, 0.15) is 0 Å². The van der Waals surface area contributed by atoms with Crippen molar-refractivity contribution in [2.75, 3.05) is 44.2 Å². The molecule has 6 nitrogen and oxygen atoms in total. The fourth-order valence-corrected chi connectivity index (χ4v) is 3.29. The topological polar surface area (TPSA) is 55.9 Å². The molecule has 2 heterocycles. The Morgan fingerprint density at radius 1 is 1.22 bits per heavy atom. The molecular weight excluding hydrogens is 316 g/mol. The zero-order valence-electron chi connectivity index (χ0n) is 13.2. The molecule has 1 atom stereocenters. The van der Waals surface area contributed by atoms with Gasteiger partial charge in [0.2, 0.25) is 5.91 Å². The monoisotopic (exact) mass is 336 g/mol. The number of benzene rings is 1. The van der Waals surface area contributed by atoms with Gasteiger partial charge in [-0.1, -0.05) is 17.7 Å². The number of piperazine rings is 1. The molecule has 124 valence electrons. The number of nitrogens with one attached hydrogen (secondary N) is 1. The largest absolute Gasteiger partial charge is 0.369 e. The summed E-state index contributed by atoms with van der Waals surface area (Å²) in [5.74, 6) is -0.115. The maximum absolute atomic E-state index is 12.4. The third-order valence-corrected chi connectivity index (χ3v) is 4.75. The second-order valence-electron chi connectivity index (χ2n) is 5.90. The van der Waals surface area contributed by atoms with E-state index in [1.54, 1.807) is 0 Å². The Hall–Kier alpha value is -1.79. The van der Waals surface area contributed by atoms with Gasteiger partial charge in [0.25, 0.3) is 0 Å². The number of nitrogens with zero attached hydrogens (tertiary/aromatic N) is 3. The van der Waals surface area contributed by atoms with Crippen molar-refractivity contribution >= 4 is 29.2 Å². The first kappa shape index (κ1) is 16.1. The number of imide groups is 1. The van der Waals surface area contributed by atoms with Gasteiger partial charge in [-0.2, -0.15) is 0 Å². The van der Waals surface area contributed by atoms with E-state index in [0.29, 0.717) is 13.1 Å². The Bertz CT molecular complexity index is 601. The molecule has 2 aliphatic rings. The summed E-state index contributed by atoms with van der Waals surface area (Å²) < 4.78 is 0. The Morgan fingerprint density at radius 2 is 1.96 bits per heavy atom. The van der Waals surface area contributed by atoms with Crippen molar-refractivity contribution in [1.82, 2.24) is 15.1 Å². The van der Waals surface area contributed by atoms with Gasteiger partial charge in [-0.25, -0.2) is 4.79 Å². The van der Waals surface area contributed by atoms with Crippen LogP contribution in [0, 0.1) is 0 Å². The van der Waals surface area contributed by atoms with E-state index in [-0.39, 0.29) is 18.0 Å². The van der Waals surface area contributed by atoms with Gasteiger partial charge in [0, 0.05) is 50.0 Å². The minimum atomic E-state index is -0.278. The number of carbonyl (C=O) groups excluding carboxylic acids is 2. The number of amides is 3. The summed E-state index contributed by atoms with van der Waals surface area (Å²) in [7, 11) is 0. The summed E-state index contributed by atoms with van der Waals surface area (Å²) in [6, 6.07) is 7.26. The molecule has 2 aliphatic heterocycles. The van der Waals surface area contributed by atoms with Crippen molar-refractivity contribution in [1.29, 1.82) is 0 Å². The van der Waals surface area contributed by atoms with Gasteiger partial charge in [0.05, 0.1) is 6.04 Å². The van der Waals surface area contributed by atoms with Crippen LogP contribution >= 0.6 is 11.6 Å². The van der Waals surface area contributed by atoms with E-state index in [1.807, 2.05) is 31.2 Å². The Labute approximate surface area is 141 Å². The summed E-state index contributed by atoms with van der Waals surface area (Å²) in [6.45, 7) is 6.13. The number of urea groups is 1. The smallest absolute Gasteiger partial charge is 0.324 e. The second-order valence-corrected chi connectivity index (χ2v) is 6.34. The molecule has 0 aliphatic carbocycles. The molecule has 1 N–H and O–H groups in total. The van der Waals surface area contributed by atoms with Crippen LogP contribution in [-0.4, -0.2) is 67.0 Å². The third kappa shape index (κ3) is 3.43. The van der Waals surface area contributed by atoms with Crippen LogP contribution in [0.1, 0.15) is 6.92 Å².